The van der Waals surface area contributed by atoms with Crippen LogP contribution in [0.4, 0.5) is 0 Å². The number of nitrogens with one attached hydrogen (secondary N) is 2. The molecule has 23 heavy (non-hydrogen) atoms. The minimum atomic E-state index is -1.79. The number of carboxylic acids is 1. The third kappa shape index (κ3) is 4.76. The van der Waals surface area contributed by atoms with Crippen molar-refractivity contribution in [2.75, 3.05) is 19.1 Å². The Hall–Kier alpha value is -0.950. The summed E-state index contributed by atoms with van der Waals surface area (Å²) in [4.78, 5) is 23.3. The zero-order valence-electron chi connectivity index (χ0n) is 12.6. The Kier molecular flexibility index (Phi) is 7.67. The first-order valence-electron chi connectivity index (χ1n) is 6.81. The minimum absolute atomic E-state index is 0.134. The van der Waals surface area contributed by atoms with Crippen LogP contribution in [0.3, 0.4) is 0 Å². The molecule has 1 fully saturated rings. The summed E-state index contributed by atoms with van der Waals surface area (Å²) in [6.45, 7) is 0. The fourth-order valence-electron chi connectivity index (χ4n) is 2.21. The number of aliphatic carboxylic acids is 1. The molecule has 0 aliphatic carbocycles. The summed E-state index contributed by atoms with van der Waals surface area (Å²) in [5, 5.41) is 52.4. The van der Waals surface area contributed by atoms with E-state index in [4.69, 9.17) is 9.84 Å². The van der Waals surface area contributed by atoms with Gasteiger partial charge in [-0.3, -0.25) is 4.79 Å². The molecule has 0 aromatic heterocycles. The standard InChI is InChI=1S/C12H22N2O8S/c1-13-5(10(18)14-4(3-23-2)11(19)20)9-7(16)6(15)8(17)12(21)22-9/h4-9,12-13,15-17,21H,3H2,1-2H3,(H,14,18)(H,19,20)/t4-,5?,6?,7?,8?,9?,12?/m0/s1. The third-order valence-corrected chi connectivity index (χ3v) is 4.16. The Bertz CT molecular complexity index is 426. The van der Waals surface area contributed by atoms with Crippen molar-refractivity contribution >= 4 is 23.6 Å². The number of rotatable bonds is 7. The van der Waals surface area contributed by atoms with Crippen molar-refractivity contribution in [2.45, 2.75) is 42.8 Å². The summed E-state index contributed by atoms with van der Waals surface area (Å²) in [6.07, 6.45) is -6.57. The van der Waals surface area contributed by atoms with Crippen molar-refractivity contribution in [2.24, 2.45) is 0 Å². The van der Waals surface area contributed by atoms with E-state index in [1.807, 2.05) is 0 Å². The molecule has 0 aromatic rings. The Balaban J connectivity index is 2.85. The first kappa shape index (κ1) is 20.1. The number of amides is 1. The smallest absolute Gasteiger partial charge is 0.327 e. The van der Waals surface area contributed by atoms with E-state index in [0.717, 1.165) is 0 Å². The Labute approximate surface area is 136 Å². The molecule has 0 radical (unpaired) electrons. The Morgan fingerprint density at radius 2 is 1.78 bits per heavy atom. The van der Waals surface area contributed by atoms with Gasteiger partial charge >= 0.3 is 5.97 Å². The number of aliphatic hydroxyl groups excluding tert-OH is 4. The molecule has 1 rings (SSSR count). The average Bonchev–Trinajstić information content (AvgIpc) is 2.50. The minimum Gasteiger partial charge on any atom is -0.480 e. The van der Waals surface area contributed by atoms with E-state index >= 15 is 0 Å². The van der Waals surface area contributed by atoms with E-state index in [-0.39, 0.29) is 5.75 Å². The third-order valence-electron chi connectivity index (χ3n) is 3.50. The van der Waals surface area contributed by atoms with Crippen LogP contribution in [-0.4, -0.2) is 99.3 Å². The van der Waals surface area contributed by atoms with Crippen LogP contribution in [0.1, 0.15) is 0 Å². The number of thioether (sulfide) groups is 1. The Morgan fingerprint density at radius 1 is 1.17 bits per heavy atom. The lowest BCUT2D eigenvalue weighted by Crippen LogP contribution is -2.66. The topological polar surface area (TPSA) is 169 Å². The van der Waals surface area contributed by atoms with Crippen molar-refractivity contribution in [3.8, 4) is 0 Å². The fourth-order valence-corrected chi connectivity index (χ4v) is 2.77. The molecule has 11 heteroatoms. The van der Waals surface area contributed by atoms with Gasteiger partial charge in [0, 0.05) is 5.75 Å². The monoisotopic (exact) mass is 354 g/mol. The molecule has 7 N–H and O–H groups in total. The van der Waals surface area contributed by atoms with Gasteiger partial charge in [-0.1, -0.05) is 0 Å². The number of ether oxygens (including phenoxy) is 1. The summed E-state index contributed by atoms with van der Waals surface area (Å²) < 4.78 is 4.98. The predicted octanol–water partition coefficient (Wildman–Crippen LogP) is -3.69. The number of carbonyl (C=O) groups excluding carboxylic acids is 1. The van der Waals surface area contributed by atoms with Gasteiger partial charge in [0.2, 0.25) is 5.91 Å². The molecule has 134 valence electrons. The van der Waals surface area contributed by atoms with Gasteiger partial charge in [0.25, 0.3) is 0 Å². The maximum absolute atomic E-state index is 12.2. The molecule has 7 atom stereocenters. The quantitative estimate of drug-likeness (QED) is 0.242. The van der Waals surface area contributed by atoms with Gasteiger partial charge in [-0.2, -0.15) is 11.8 Å². The van der Waals surface area contributed by atoms with Crippen LogP contribution in [0.15, 0.2) is 0 Å². The summed E-state index contributed by atoms with van der Waals surface area (Å²) in [5.74, 6) is -1.87. The van der Waals surface area contributed by atoms with Crippen molar-refractivity contribution in [3.63, 3.8) is 0 Å². The lowest BCUT2D eigenvalue weighted by Gasteiger charge is -2.41. The number of carboxylic acid groups (broad SMARTS) is 1. The zero-order chi connectivity index (χ0) is 17.7. The van der Waals surface area contributed by atoms with E-state index < -0.39 is 54.7 Å². The second kappa shape index (κ2) is 8.78. The molecule has 10 nitrogen and oxygen atoms in total. The van der Waals surface area contributed by atoms with Crippen molar-refractivity contribution in [1.82, 2.24) is 10.6 Å². The van der Waals surface area contributed by atoms with Crippen LogP contribution in [0.2, 0.25) is 0 Å². The van der Waals surface area contributed by atoms with Gasteiger partial charge in [0.05, 0.1) is 0 Å². The maximum Gasteiger partial charge on any atom is 0.327 e. The number of carbonyl (C=O) groups is 2. The molecule has 6 unspecified atom stereocenters. The molecular formula is C12H22N2O8S. The molecule has 1 aliphatic rings. The van der Waals surface area contributed by atoms with E-state index in [9.17, 15) is 30.0 Å². The Morgan fingerprint density at radius 3 is 2.26 bits per heavy atom. The molecule has 0 aromatic carbocycles. The van der Waals surface area contributed by atoms with Crippen molar-refractivity contribution < 1.29 is 39.9 Å². The highest BCUT2D eigenvalue weighted by Crippen LogP contribution is 2.22. The highest BCUT2D eigenvalue weighted by molar-refractivity contribution is 7.98. The summed E-state index contributed by atoms with van der Waals surface area (Å²) in [6, 6.07) is -2.39. The van der Waals surface area contributed by atoms with Crippen LogP contribution < -0.4 is 10.6 Å². The predicted molar refractivity (Wildman–Crippen MR) is 79.7 cm³/mol. The fraction of sp³-hybridized carbons (Fsp3) is 0.833. The number of hydrogen-bond donors (Lipinski definition) is 7. The van der Waals surface area contributed by atoms with Gasteiger partial charge in [0.1, 0.15) is 36.5 Å². The van der Waals surface area contributed by atoms with Gasteiger partial charge in [-0.25, -0.2) is 4.79 Å². The van der Waals surface area contributed by atoms with Crippen LogP contribution >= 0.6 is 11.8 Å². The van der Waals surface area contributed by atoms with Crippen molar-refractivity contribution in [3.05, 3.63) is 0 Å². The van der Waals surface area contributed by atoms with Gasteiger partial charge < -0.3 is 40.9 Å². The second-order valence-corrected chi connectivity index (χ2v) is 5.99. The average molecular weight is 354 g/mol. The van der Waals surface area contributed by atoms with Crippen LogP contribution in [-0.2, 0) is 14.3 Å². The van der Waals surface area contributed by atoms with Gasteiger partial charge in [-0.05, 0) is 13.3 Å². The first-order valence-corrected chi connectivity index (χ1v) is 8.21. The SMILES string of the molecule is CNC(C(=O)N[C@@H](CSC)C(=O)O)C1OC(O)C(O)C(O)C1O. The number of likely N-dealkylation sites (N-methyl/N-ethyl adjacent to an activating group) is 1. The van der Waals surface area contributed by atoms with E-state index in [2.05, 4.69) is 10.6 Å². The lowest BCUT2D eigenvalue weighted by atomic mass is 9.93. The summed E-state index contributed by atoms with van der Waals surface area (Å²) >= 11 is 1.23. The first-order chi connectivity index (χ1) is 10.7. The normalized spacial score (nSPS) is 33.7. The van der Waals surface area contributed by atoms with Crippen LogP contribution in [0, 0.1) is 0 Å². The van der Waals surface area contributed by atoms with Crippen LogP contribution in [0.25, 0.3) is 0 Å². The molecule has 0 saturated carbocycles. The molecule has 1 heterocycles. The number of aliphatic hydroxyl groups is 4. The molecule has 0 bridgehead atoms. The molecule has 1 aliphatic heterocycles. The van der Waals surface area contributed by atoms with Crippen LogP contribution in [0.5, 0.6) is 0 Å². The molecule has 1 amide bonds. The lowest BCUT2D eigenvalue weighted by molar-refractivity contribution is -0.285. The summed E-state index contributed by atoms with van der Waals surface area (Å²) in [5.41, 5.74) is 0. The van der Waals surface area contributed by atoms with E-state index in [0.29, 0.717) is 0 Å². The highest BCUT2D eigenvalue weighted by atomic mass is 32.2. The largest absolute Gasteiger partial charge is 0.480 e. The second-order valence-electron chi connectivity index (χ2n) is 5.08. The van der Waals surface area contributed by atoms with Gasteiger partial charge in [-0.15, -0.1) is 0 Å². The zero-order valence-corrected chi connectivity index (χ0v) is 13.4. The molecule has 1 saturated heterocycles. The molecular weight excluding hydrogens is 332 g/mol. The van der Waals surface area contributed by atoms with Crippen molar-refractivity contribution in [1.29, 1.82) is 0 Å². The highest BCUT2D eigenvalue weighted by Gasteiger charge is 2.47. The van der Waals surface area contributed by atoms with E-state index in [1.54, 1.807) is 6.26 Å². The number of hydrogen-bond acceptors (Lipinski definition) is 9. The van der Waals surface area contributed by atoms with Gasteiger partial charge in [0.15, 0.2) is 6.29 Å². The summed E-state index contributed by atoms with van der Waals surface area (Å²) in [7, 11) is 1.37. The van der Waals surface area contributed by atoms with E-state index in [1.165, 1.54) is 18.8 Å². The maximum atomic E-state index is 12.2. The molecule has 0 spiro atoms.